The number of amides is 3. The van der Waals surface area contributed by atoms with Crippen molar-refractivity contribution in [2.24, 2.45) is 0 Å². The lowest BCUT2D eigenvalue weighted by molar-refractivity contribution is -0.124. The second-order valence-electron chi connectivity index (χ2n) is 3.86. The van der Waals surface area contributed by atoms with Crippen molar-refractivity contribution in [1.82, 2.24) is 15.5 Å². The SMILES string of the molecule is CNC(=O)NC(=O)C(C)N(C)CCC(C)O. The second kappa shape index (κ2) is 7.19. The maximum absolute atomic E-state index is 11.5. The van der Waals surface area contributed by atoms with Gasteiger partial charge in [0.1, 0.15) is 0 Å². The van der Waals surface area contributed by atoms with Gasteiger partial charge in [0, 0.05) is 13.6 Å². The molecule has 0 fully saturated rings. The van der Waals surface area contributed by atoms with Crippen LogP contribution in [0.2, 0.25) is 0 Å². The Kier molecular flexibility index (Phi) is 6.67. The average Bonchev–Trinajstić information content (AvgIpc) is 2.24. The topological polar surface area (TPSA) is 81.7 Å². The molecule has 2 atom stereocenters. The van der Waals surface area contributed by atoms with Crippen LogP contribution in [0.5, 0.6) is 0 Å². The largest absolute Gasteiger partial charge is 0.393 e. The number of carbonyl (C=O) groups excluding carboxylic acids is 2. The van der Waals surface area contributed by atoms with E-state index in [-0.39, 0.29) is 5.91 Å². The molecule has 0 aromatic carbocycles. The first-order valence-corrected chi connectivity index (χ1v) is 5.29. The summed E-state index contributed by atoms with van der Waals surface area (Å²) in [5, 5.41) is 13.6. The number of aliphatic hydroxyl groups is 1. The Labute approximate surface area is 96.0 Å². The zero-order chi connectivity index (χ0) is 12.7. The van der Waals surface area contributed by atoms with Crippen LogP contribution in [0.3, 0.4) is 0 Å². The molecular weight excluding hydrogens is 210 g/mol. The van der Waals surface area contributed by atoms with Crippen molar-refractivity contribution in [2.45, 2.75) is 32.4 Å². The van der Waals surface area contributed by atoms with E-state index in [1.54, 1.807) is 25.8 Å². The van der Waals surface area contributed by atoms with Crippen LogP contribution in [0, 0.1) is 0 Å². The van der Waals surface area contributed by atoms with Gasteiger partial charge in [-0.3, -0.25) is 15.0 Å². The molecule has 0 aliphatic carbocycles. The van der Waals surface area contributed by atoms with Crippen molar-refractivity contribution < 1.29 is 14.7 Å². The third kappa shape index (κ3) is 5.67. The van der Waals surface area contributed by atoms with Crippen molar-refractivity contribution in [2.75, 3.05) is 20.6 Å². The van der Waals surface area contributed by atoms with Gasteiger partial charge in [-0.1, -0.05) is 0 Å². The molecule has 94 valence electrons. The smallest absolute Gasteiger partial charge is 0.321 e. The Hall–Kier alpha value is -1.14. The molecule has 6 heteroatoms. The Balaban J connectivity index is 4.06. The standard InChI is InChI=1S/C10H21N3O3/c1-7(14)5-6-13(4)8(2)9(15)12-10(16)11-3/h7-8,14H,5-6H2,1-4H3,(H2,11,12,15,16). The lowest BCUT2D eigenvalue weighted by atomic mass is 10.2. The molecule has 0 saturated carbocycles. The zero-order valence-electron chi connectivity index (χ0n) is 10.3. The molecule has 0 aromatic rings. The Morgan fingerprint density at radius 3 is 2.38 bits per heavy atom. The van der Waals surface area contributed by atoms with Gasteiger partial charge in [0.05, 0.1) is 12.1 Å². The quantitative estimate of drug-likeness (QED) is 0.597. The lowest BCUT2D eigenvalue weighted by Crippen LogP contribution is -2.48. The fraction of sp³-hybridized carbons (Fsp3) is 0.800. The van der Waals surface area contributed by atoms with E-state index >= 15 is 0 Å². The van der Waals surface area contributed by atoms with Gasteiger partial charge in [0.15, 0.2) is 0 Å². The summed E-state index contributed by atoms with van der Waals surface area (Å²) in [6.07, 6.45) is 0.199. The van der Waals surface area contributed by atoms with Gasteiger partial charge < -0.3 is 10.4 Å². The highest BCUT2D eigenvalue weighted by Gasteiger charge is 2.19. The van der Waals surface area contributed by atoms with Crippen molar-refractivity contribution in [1.29, 1.82) is 0 Å². The van der Waals surface area contributed by atoms with Crippen molar-refractivity contribution in [3.05, 3.63) is 0 Å². The van der Waals surface area contributed by atoms with E-state index < -0.39 is 18.2 Å². The van der Waals surface area contributed by atoms with Crippen LogP contribution in [0.1, 0.15) is 20.3 Å². The summed E-state index contributed by atoms with van der Waals surface area (Å²) < 4.78 is 0. The third-order valence-electron chi connectivity index (χ3n) is 2.40. The monoisotopic (exact) mass is 231 g/mol. The molecule has 2 unspecified atom stereocenters. The first kappa shape index (κ1) is 14.9. The first-order chi connectivity index (χ1) is 7.38. The van der Waals surface area contributed by atoms with E-state index in [1.165, 1.54) is 7.05 Å². The predicted molar refractivity (Wildman–Crippen MR) is 61.0 cm³/mol. The number of hydrogen-bond donors (Lipinski definition) is 3. The predicted octanol–water partition coefficient (Wildman–Crippen LogP) is -0.467. The van der Waals surface area contributed by atoms with Crippen LogP contribution in [0.4, 0.5) is 4.79 Å². The lowest BCUT2D eigenvalue weighted by Gasteiger charge is -2.23. The molecule has 3 N–H and O–H groups in total. The number of aliphatic hydroxyl groups excluding tert-OH is 1. The Morgan fingerprint density at radius 2 is 1.94 bits per heavy atom. The maximum Gasteiger partial charge on any atom is 0.321 e. The van der Waals surface area contributed by atoms with Crippen LogP contribution in [-0.2, 0) is 4.79 Å². The van der Waals surface area contributed by atoms with Gasteiger partial charge >= 0.3 is 6.03 Å². The molecule has 0 spiro atoms. The molecule has 16 heavy (non-hydrogen) atoms. The van der Waals surface area contributed by atoms with Crippen molar-refractivity contribution in [3.8, 4) is 0 Å². The number of urea groups is 1. The summed E-state index contributed by atoms with van der Waals surface area (Å²) in [7, 11) is 3.22. The number of hydrogen-bond acceptors (Lipinski definition) is 4. The average molecular weight is 231 g/mol. The molecule has 0 rings (SSSR count). The molecule has 3 amide bonds. The van der Waals surface area contributed by atoms with Gasteiger partial charge in [0.2, 0.25) is 5.91 Å². The third-order valence-corrected chi connectivity index (χ3v) is 2.40. The molecule has 0 saturated heterocycles. The highest BCUT2D eigenvalue weighted by Crippen LogP contribution is 1.99. The normalized spacial score (nSPS) is 14.4. The van der Waals surface area contributed by atoms with Crippen LogP contribution < -0.4 is 10.6 Å². The number of nitrogens with one attached hydrogen (secondary N) is 2. The summed E-state index contributed by atoms with van der Waals surface area (Å²) in [5.74, 6) is -0.354. The number of likely N-dealkylation sites (N-methyl/N-ethyl adjacent to an activating group) is 1. The summed E-state index contributed by atoms with van der Waals surface area (Å²) in [6.45, 7) is 4.00. The van der Waals surface area contributed by atoms with Crippen molar-refractivity contribution >= 4 is 11.9 Å². The Morgan fingerprint density at radius 1 is 1.38 bits per heavy atom. The molecule has 0 radical (unpaired) electrons. The fourth-order valence-electron chi connectivity index (χ4n) is 1.06. The molecule has 0 aromatic heterocycles. The molecule has 0 aliphatic heterocycles. The van der Waals surface area contributed by atoms with Gasteiger partial charge in [-0.2, -0.15) is 0 Å². The molecule has 0 bridgehead atoms. The van der Waals surface area contributed by atoms with Gasteiger partial charge in [-0.25, -0.2) is 4.79 Å². The minimum atomic E-state index is -0.513. The minimum Gasteiger partial charge on any atom is -0.393 e. The summed E-state index contributed by atoms with van der Waals surface area (Å²) in [4.78, 5) is 24.2. The van der Waals surface area contributed by atoms with E-state index in [1.807, 2.05) is 0 Å². The second-order valence-corrected chi connectivity index (χ2v) is 3.86. The van der Waals surface area contributed by atoms with E-state index in [4.69, 9.17) is 5.11 Å². The number of carbonyl (C=O) groups is 2. The van der Waals surface area contributed by atoms with Crippen LogP contribution >= 0.6 is 0 Å². The van der Waals surface area contributed by atoms with Gasteiger partial charge in [-0.05, 0) is 27.3 Å². The number of nitrogens with zero attached hydrogens (tertiary/aromatic N) is 1. The minimum absolute atomic E-state index is 0.354. The Bertz CT molecular complexity index is 243. The number of imide groups is 1. The molecule has 0 aliphatic rings. The zero-order valence-corrected chi connectivity index (χ0v) is 10.3. The van der Waals surface area contributed by atoms with E-state index in [2.05, 4.69) is 10.6 Å². The van der Waals surface area contributed by atoms with Crippen molar-refractivity contribution in [3.63, 3.8) is 0 Å². The highest BCUT2D eigenvalue weighted by molar-refractivity contribution is 5.96. The van der Waals surface area contributed by atoms with Crippen LogP contribution in [-0.4, -0.2) is 54.7 Å². The number of rotatable bonds is 5. The van der Waals surface area contributed by atoms with Crippen LogP contribution in [0.15, 0.2) is 0 Å². The van der Waals surface area contributed by atoms with E-state index in [9.17, 15) is 9.59 Å². The van der Waals surface area contributed by atoms with Crippen LogP contribution in [0.25, 0.3) is 0 Å². The van der Waals surface area contributed by atoms with E-state index in [0.717, 1.165) is 0 Å². The molecular formula is C10H21N3O3. The highest BCUT2D eigenvalue weighted by atomic mass is 16.3. The van der Waals surface area contributed by atoms with Gasteiger partial charge in [-0.15, -0.1) is 0 Å². The summed E-state index contributed by atoms with van der Waals surface area (Å²) >= 11 is 0. The maximum atomic E-state index is 11.5. The van der Waals surface area contributed by atoms with Gasteiger partial charge in [0.25, 0.3) is 0 Å². The fourth-order valence-corrected chi connectivity index (χ4v) is 1.06. The summed E-state index contributed by atoms with van der Waals surface area (Å²) in [6, 6.07) is -0.920. The molecule has 6 nitrogen and oxygen atoms in total. The molecule has 0 heterocycles. The van der Waals surface area contributed by atoms with E-state index in [0.29, 0.717) is 13.0 Å². The first-order valence-electron chi connectivity index (χ1n) is 5.29. The summed E-state index contributed by atoms with van der Waals surface area (Å²) in [5.41, 5.74) is 0.